The number of nitrogens with zero attached hydrogens (tertiary/aromatic N) is 3. The van der Waals surface area contributed by atoms with Crippen LogP contribution in [0.4, 0.5) is 4.39 Å². The number of thiazole rings is 1. The second kappa shape index (κ2) is 6.51. The molecule has 0 spiro atoms. The summed E-state index contributed by atoms with van der Waals surface area (Å²) in [6.07, 6.45) is 7.48. The van der Waals surface area contributed by atoms with E-state index in [4.69, 9.17) is 0 Å². The highest BCUT2D eigenvalue weighted by molar-refractivity contribution is 7.09. The fourth-order valence-corrected chi connectivity index (χ4v) is 3.91. The number of rotatable bonds is 3. The van der Waals surface area contributed by atoms with E-state index in [1.165, 1.54) is 23.5 Å². The minimum absolute atomic E-state index is 0.195. The van der Waals surface area contributed by atoms with E-state index in [0.717, 1.165) is 9.94 Å². The molecule has 2 aliphatic heterocycles. The summed E-state index contributed by atoms with van der Waals surface area (Å²) >= 11 is 1.51. The molecule has 1 saturated heterocycles. The van der Waals surface area contributed by atoms with Crippen molar-refractivity contribution >= 4 is 17.1 Å². The number of hydroxylamine groups is 2. The predicted molar refractivity (Wildman–Crippen MR) is 91.3 cm³/mol. The number of carbonyl (C=O) groups excluding carboxylic acids is 1. The quantitative estimate of drug-likeness (QED) is 0.915. The van der Waals surface area contributed by atoms with Crippen molar-refractivity contribution in [1.82, 2.24) is 14.9 Å². The third kappa shape index (κ3) is 2.90. The first-order valence-electron chi connectivity index (χ1n) is 7.93. The molecule has 3 heterocycles. The summed E-state index contributed by atoms with van der Waals surface area (Å²) in [4.78, 5) is 19.9. The van der Waals surface area contributed by atoms with Crippen LogP contribution in [0.15, 0.2) is 59.9 Å². The molecule has 5 nitrogen and oxygen atoms in total. The Bertz CT molecular complexity index is 833. The van der Waals surface area contributed by atoms with Gasteiger partial charge in [0, 0.05) is 24.0 Å². The Kier molecular flexibility index (Phi) is 4.20. The third-order valence-electron chi connectivity index (χ3n) is 4.49. The fraction of sp³-hybridized carbons (Fsp3) is 0.222. The Balaban J connectivity index is 1.73. The Hall–Kier alpha value is -2.35. The average molecular weight is 357 g/mol. The second-order valence-electron chi connectivity index (χ2n) is 5.98. The van der Waals surface area contributed by atoms with E-state index in [2.05, 4.69) is 4.98 Å². The van der Waals surface area contributed by atoms with Crippen LogP contribution in [0.1, 0.15) is 16.5 Å². The van der Waals surface area contributed by atoms with Crippen molar-refractivity contribution in [1.29, 1.82) is 0 Å². The molecule has 1 aromatic heterocycles. The van der Waals surface area contributed by atoms with E-state index in [9.17, 15) is 14.4 Å². The Morgan fingerprint density at radius 2 is 2.12 bits per heavy atom. The van der Waals surface area contributed by atoms with Gasteiger partial charge in [-0.25, -0.2) is 4.39 Å². The molecule has 2 aliphatic rings. The molecular formula is C18H16FN3O2S. The molecule has 0 bridgehead atoms. The molecule has 2 atom stereocenters. The zero-order chi connectivity index (χ0) is 17.4. The standard InChI is InChI=1S/C18H16FN3O2S/c19-13-6-4-12(5-7-13)17-18(23)15-3-1-2-8-21(15)16(22(17)24)9-14-10-20-11-25-14/h1-7,10-11,16-17,24H,8-9H2. The van der Waals surface area contributed by atoms with Crippen LogP contribution in [0.25, 0.3) is 0 Å². The minimum Gasteiger partial charge on any atom is -0.347 e. The predicted octanol–water partition coefficient (Wildman–Crippen LogP) is 2.92. The summed E-state index contributed by atoms with van der Waals surface area (Å²) < 4.78 is 13.3. The molecule has 2 aromatic rings. The monoisotopic (exact) mass is 357 g/mol. The largest absolute Gasteiger partial charge is 0.347 e. The number of carbonyl (C=O) groups is 1. The highest BCUT2D eigenvalue weighted by Gasteiger charge is 2.44. The van der Waals surface area contributed by atoms with E-state index in [1.54, 1.807) is 29.9 Å². The molecule has 2 unspecified atom stereocenters. The number of halogens is 1. The zero-order valence-electron chi connectivity index (χ0n) is 13.2. The summed E-state index contributed by atoms with van der Waals surface area (Å²) in [5.74, 6) is -0.571. The molecule has 0 aliphatic carbocycles. The normalized spacial score (nSPS) is 23.5. The molecular weight excluding hydrogens is 341 g/mol. The van der Waals surface area contributed by atoms with Crippen molar-refractivity contribution in [3.05, 3.63) is 76.2 Å². The van der Waals surface area contributed by atoms with E-state index in [1.807, 2.05) is 17.1 Å². The lowest BCUT2D eigenvalue weighted by atomic mass is 9.94. The first-order chi connectivity index (χ1) is 12.1. The van der Waals surface area contributed by atoms with Crippen LogP contribution in [-0.4, -0.2) is 38.6 Å². The second-order valence-corrected chi connectivity index (χ2v) is 6.95. The van der Waals surface area contributed by atoms with Gasteiger partial charge < -0.3 is 10.1 Å². The number of allylic oxidation sites excluding steroid dienone is 2. The minimum atomic E-state index is -0.854. The van der Waals surface area contributed by atoms with Gasteiger partial charge in [0.1, 0.15) is 18.0 Å². The molecule has 4 rings (SSSR count). The number of ketones is 1. The third-order valence-corrected chi connectivity index (χ3v) is 5.29. The van der Waals surface area contributed by atoms with Crippen molar-refractivity contribution in [2.24, 2.45) is 0 Å². The Morgan fingerprint density at radius 3 is 2.84 bits per heavy atom. The SMILES string of the molecule is O=C1C2=CC=CCN2C(Cc2cncs2)N(O)C1c1ccc(F)cc1. The maximum Gasteiger partial charge on any atom is 0.202 e. The van der Waals surface area contributed by atoms with Crippen molar-refractivity contribution in [3.63, 3.8) is 0 Å². The van der Waals surface area contributed by atoms with Gasteiger partial charge in [-0.2, -0.15) is 5.06 Å². The number of Topliss-reactive ketones (excluding diaryl/α,β-unsaturated/α-hetero) is 1. The van der Waals surface area contributed by atoms with Gasteiger partial charge in [0.2, 0.25) is 5.78 Å². The fourth-order valence-electron chi connectivity index (χ4n) is 3.28. The number of hydrogen-bond acceptors (Lipinski definition) is 6. The first kappa shape index (κ1) is 16.1. The topological polar surface area (TPSA) is 56.7 Å². The molecule has 0 radical (unpaired) electrons. The lowest BCUT2D eigenvalue weighted by Crippen LogP contribution is -2.57. The summed E-state index contributed by atoms with van der Waals surface area (Å²) in [5.41, 5.74) is 2.88. The maximum atomic E-state index is 13.3. The number of benzene rings is 1. The van der Waals surface area contributed by atoms with Crippen LogP contribution in [0.2, 0.25) is 0 Å². The molecule has 7 heteroatoms. The Labute approximate surface area is 148 Å². The van der Waals surface area contributed by atoms with Crippen molar-refractivity contribution in [2.45, 2.75) is 18.6 Å². The molecule has 1 fully saturated rings. The molecule has 0 amide bonds. The van der Waals surface area contributed by atoms with Gasteiger partial charge in [-0.1, -0.05) is 24.3 Å². The van der Waals surface area contributed by atoms with E-state index >= 15 is 0 Å². The number of fused-ring (bicyclic) bond motifs is 1. The first-order valence-corrected chi connectivity index (χ1v) is 8.81. The molecule has 1 N–H and O–H groups in total. The number of hydrogen-bond donors (Lipinski definition) is 1. The van der Waals surface area contributed by atoms with Gasteiger partial charge in [-0.05, 0) is 23.8 Å². The van der Waals surface area contributed by atoms with Gasteiger partial charge in [0.15, 0.2) is 0 Å². The van der Waals surface area contributed by atoms with Crippen LogP contribution in [0, 0.1) is 5.82 Å². The zero-order valence-corrected chi connectivity index (χ0v) is 14.1. The lowest BCUT2D eigenvalue weighted by Gasteiger charge is -2.46. The van der Waals surface area contributed by atoms with Gasteiger partial charge >= 0.3 is 0 Å². The van der Waals surface area contributed by atoms with Crippen molar-refractivity contribution in [3.8, 4) is 0 Å². The molecule has 1 aromatic carbocycles. The summed E-state index contributed by atoms with van der Waals surface area (Å²) in [6, 6.07) is 4.83. The highest BCUT2D eigenvalue weighted by Crippen LogP contribution is 2.36. The molecule has 0 saturated carbocycles. The van der Waals surface area contributed by atoms with Crippen molar-refractivity contribution < 1.29 is 14.4 Å². The smallest absolute Gasteiger partial charge is 0.202 e. The van der Waals surface area contributed by atoms with Crippen LogP contribution < -0.4 is 0 Å². The van der Waals surface area contributed by atoms with E-state index in [0.29, 0.717) is 24.2 Å². The lowest BCUT2D eigenvalue weighted by molar-refractivity contribution is -0.209. The van der Waals surface area contributed by atoms with Gasteiger partial charge in [-0.15, -0.1) is 11.3 Å². The summed E-state index contributed by atoms with van der Waals surface area (Å²) in [7, 11) is 0. The van der Waals surface area contributed by atoms with Crippen molar-refractivity contribution in [2.75, 3.05) is 6.54 Å². The van der Waals surface area contributed by atoms with Gasteiger partial charge in [0.25, 0.3) is 0 Å². The van der Waals surface area contributed by atoms with Gasteiger partial charge in [0.05, 0.1) is 11.2 Å². The average Bonchev–Trinajstić information content (AvgIpc) is 3.14. The van der Waals surface area contributed by atoms with E-state index in [-0.39, 0.29) is 11.6 Å². The summed E-state index contributed by atoms with van der Waals surface area (Å²) in [5, 5.41) is 12.0. The van der Waals surface area contributed by atoms with Crippen LogP contribution >= 0.6 is 11.3 Å². The molecule has 25 heavy (non-hydrogen) atoms. The highest BCUT2D eigenvalue weighted by atomic mass is 32.1. The van der Waals surface area contributed by atoms with Crippen LogP contribution in [-0.2, 0) is 11.2 Å². The maximum absolute atomic E-state index is 13.3. The van der Waals surface area contributed by atoms with E-state index < -0.39 is 12.2 Å². The van der Waals surface area contributed by atoms with Crippen LogP contribution in [0.5, 0.6) is 0 Å². The Morgan fingerprint density at radius 1 is 1.32 bits per heavy atom. The van der Waals surface area contributed by atoms with Gasteiger partial charge in [-0.3, -0.25) is 9.78 Å². The molecule has 128 valence electrons. The van der Waals surface area contributed by atoms with Crippen LogP contribution in [0.3, 0.4) is 0 Å². The summed E-state index contributed by atoms with van der Waals surface area (Å²) in [6.45, 7) is 0.550. The number of aromatic nitrogens is 1.